The summed E-state index contributed by atoms with van der Waals surface area (Å²) in [6.45, 7) is 2.31. The number of hydrogen-bond donors (Lipinski definition) is 1. The van der Waals surface area contributed by atoms with Gasteiger partial charge in [-0.2, -0.15) is 5.10 Å². The molecule has 23 heavy (non-hydrogen) atoms. The lowest BCUT2D eigenvalue weighted by Crippen LogP contribution is -2.13. The minimum atomic E-state index is -0.366. The number of methoxy groups -OCH3 is 1. The molecule has 1 aliphatic heterocycles. The quantitative estimate of drug-likeness (QED) is 0.631. The van der Waals surface area contributed by atoms with Gasteiger partial charge in [-0.15, -0.1) is 0 Å². The van der Waals surface area contributed by atoms with E-state index in [2.05, 4.69) is 31.2 Å². The van der Waals surface area contributed by atoms with Crippen LogP contribution in [-0.4, -0.2) is 52.6 Å². The minimum absolute atomic E-state index is 0.0311. The summed E-state index contributed by atoms with van der Waals surface area (Å²) in [5, 5.41) is 8.29. The van der Waals surface area contributed by atoms with Gasteiger partial charge in [0.25, 0.3) is 0 Å². The summed E-state index contributed by atoms with van der Waals surface area (Å²) in [5.41, 5.74) is 2.01. The second-order valence-corrected chi connectivity index (χ2v) is 5.20. The first-order valence-electron chi connectivity index (χ1n) is 7.51. The van der Waals surface area contributed by atoms with Crippen LogP contribution in [0, 0.1) is 0 Å². The van der Waals surface area contributed by atoms with Crippen molar-refractivity contribution < 1.29 is 14.3 Å². The van der Waals surface area contributed by atoms with Gasteiger partial charge in [-0.1, -0.05) is 11.6 Å². The van der Waals surface area contributed by atoms with Gasteiger partial charge in [0.1, 0.15) is 18.7 Å². The molecule has 0 fully saturated rings. The minimum Gasteiger partial charge on any atom is -0.468 e. The fourth-order valence-electron chi connectivity index (χ4n) is 2.47. The van der Waals surface area contributed by atoms with Crippen LogP contribution >= 0.6 is 0 Å². The molecule has 3 heterocycles. The van der Waals surface area contributed by atoms with E-state index in [1.165, 1.54) is 23.7 Å². The number of rotatable bonds is 6. The Labute approximate surface area is 133 Å². The van der Waals surface area contributed by atoms with Crippen molar-refractivity contribution in [1.82, 2.24) is 19.7 Å². The third-order valence-electron chi connectivity index (χ3n) is 3.74. The molecule has 1 aliphatic rings. The van der Waals surface area contributed by atoms with Crippen molar-refractivity contribution in [3.05, 3.63) is 24.2 Å². The fraction of sp³-hybridized carbons (Fsp3) is 0.467. The van der Waals surface area contributed by atoms with Crippen molar-refractivity contribution in [3.63, 3.8) is 0 Å². The standard InChI is InChI=1S/C15H19N5O3/c1-22-13(21)9-20-15-12(8-19-20)14(17-10-18-15)16-5-2-11-3-6-23-7-4-11/h3,8,10H,2,4-7,9H2,1H3,(H,16,17,18). The normalized spacial score (nSPS) is 14.6. The predicted molar refractivity (Wildman–Crippen MR) is 84.0 cm³/mol. The van der Waals surface area contributed by atoms with Crippen LogP contribution in [0.5, 0.6) is 0 Å². The number of nitrogens with one attached hydrogen (secondary N) is 1. The molecule has 0 atom stereocenters. The highest BCUT2D eigenvalue weighted by molar-refractivity contribution is 5.86. The summed E-state index contributed by atoms with van der Waals surface area (Å²) in [6, 6.07) is 0. The average molecular weight is 317 g/mol. The van der Waals surface area contributed by atoms with Crippen LogP contribution in [0.1, 0.15) is 12.8 Å². The Balaban J connectivity index is 1.68. The first-order valence-corrected chi connectivity index (χ1v) is 7.51. The number of carbonyl (C=O) groups excluding carboxylic acids is 1. The van der Waals surface area contributed by atoms with E-state index >= 15 is 0 Å². The summed E-state index contributed by atoms with van der Waals surface area (Å²) < 4.78 is 11.5. The molecule has 0 saturated carbocycles. The third kappa shape index (κ3) is 3.65. The van der Waals surface area contributed by atoms with Crippen LogP contribution in [0.2, 0.25) is 0 Å². The zero-order valence-corrected chi connectivity index (χ0v) is 13.0. The van der Waals surface area contributed by atoms with E-state index in [4.69, 9.17) is 4.74 Å². The van der Waals surface area contributed by atoms with Crippen LogP contribution in [0.15, 0.2) is 24.2 Å². The van der Waals surface area contributed by atoms with Gasteiger partial charge in [0.05, 0.1) is 31.9 Å². The smallest absolute Gasteiger partial charge is 0.327 e. The van der Waals surface area contributed by atoms with Crippen molar-refractivity contribution >= 4 is 22.8 Å². The van der Waals surface area contributed by atoms with Crippen LogP contribution in [0.3, 0.4) is 0 Å². The van der Waals surface area contributed by atoms with Gasteiger partial charge in [-0.05, 0) is 12.8 Å². The summed E-state index contributed by atoms with van der Waals surface area (Å²) >= 11 is 0. The van der Waals surface area contributed by atoms with E-state index in [-0.39, 0.29) is 12.5 Å². The highest BCUT2D eigenvalue weighted by Crippen LogP contribution is 2.19. The Morgan fingerprint density at radius 3 is 3.17 bits per heavy atom. The van der Waals surface area contributed by atoms with Crippen LogP contribution < -0.4 is 5.32 Å². The van der Waals surface area contributed by atoms with Crippen molar-refractivity contribution in [1.29, 1.82) is 0 Å². The highest BCUT2D eigenvalue weighted by atomic mass is 16.5. The predicted octanol–water partition coefficient (Wildman–Crippen LogP) is 1.15. The van der Waals surface area contributed by atoms with Crippen LogP contribution in [-0.2, 0) is 20.8 Å². The first-order chi connectivity index (χ1) is 11.3. The molecule has 2 aromatic heterocycles. The topological polar surface area (TPSA) is 91.2 Å². The molecule has 2 aromatic rings. The van der Waals surface area contributed by atoms with Gasteiger partial charge in [-0.3, -0.25) is 4.79 Å². The first kappa shape index (κ1) is 15.4. The number of hydrogen-bond acceptors (Lipinski definition) is 7. The molecule has 0 bridgehead atoms. The van der Waals surface area contributed by atoms with Gasteiger partial charge >= 0.3 is 5.97 Å². The fourth-order valence-corrected chi connectivity index (χ4v) is 2.47. The number of esters is 1. The van der Waals surface area contributed by atoms with Gasteiger partial charge in [0, 0.05) is 6.54 Å². The third-order valence-corrected chi connectivity index (χ3v) is 3.74. The SMILES string of the molecule is COC(=O)Cn1ncc2c(NCCC3=CCOCC3)ncnc21. The van der Waals surface area contributed by atoms with E-state index in [1.807, 2.05) is 0 Å². The lowest BCUT2D eigenvalue weighted by molar-refractivity contribution is -0.141. The lowest BCUT2D eigenvalue weighted by Gasteiger charge is -2.14. The van der Waals surface area contributed by atoms with E-state index < -0.39 is 0 Å². The second-order valence-electron chi connectivity index (χ2n) is 5.20. The maximum Gasteiger partial charge on any atom is 0.327 e. The molecule has 3 rings (SSSR count). The Bertz CT molecular complexity index is 725. The number of ether oxygens (including phenoxy) is 2. The zero-order chi connectivity index (χ0) is 16.1. The molecule has 0 radical (unpaired) electrons. The van der Waals surface area contributed by atoms with E-state index in [0.717, 1.165) is 37.2 Å². The second kappa shape index (κ2) is 7.19. The molecule has 122 valence electrons. The number of fused-ring (bicyclic) bond motifs is 1. The van der Waals surface area contributed by atoms with Crippen LogP contribution in [0.25, 0.3) is 11.0 Å². The number of aromatic nitrogens is 4. The molecule has 0 saturated heterocycles. The molecule has 0 unspecified atom stereocenters. The monoisotopic (exact) mass is 317 g/mol. The van der Waals surface area contributed by atoms with Gasteiger partial charge in [-0.25, -0.2) is 14.6 Å². The largest absolute Gasteiger partial charge is 0.468 e. The molecule has 0 spiro atoms. The summed E-state index contributed by atoms with van der Waals surface area (Å²) in [6.07, 6.45) is 7.19. The van der Waals surface area contributed by atoms with Crippen molar-refractivity contribution in [3.8, 4) is 0 Å². The molecule has 0 aliphatic carbocycles. The molecule has 0 amide bonds. The summed E-state index contributed by atoms with van der Waals surface area (Å²) in [7, 11) is 1.35. The molecular formula is C15H19N5O3. The van der Waals surface area contributed by atoms with Crippen molar-refractivity contribution in [2.45, 2.75) is 19.4 Å². The molecular weight excluding hydrogens is 298 g/mol. The number of anilines is 1. The maximum absolute atomic E-state index is 11.4. The van der Waals surface area contributed by atoms with E-state index in [1.54, 1.807) is 6.20 Å². The van der Waals surface area contributed by atoms with E-state index in [9.17, 15) is 4.79 Å². The van der Waals surface area contributed by atoms with Gasteiger partial charge < -0.3 is 14.8 Å². The van der Waals surface area contributed by atoms with Crippen molar-refractivity contribution in [2.24, 2.45) is 0 Å². The lowest BCUT2D eigenvalue weighted by atomic mass is 10.1. The Morgan fingerprint density at radius 2 is 2.39 bits per heavy atom. The van der Waals surface area contributed by atoms with Gasteiger partial charge in [0.15, 0.2) is 5.65 Å². The molecule has 1 N–H and O–H groups in total. The maximum atomic E-state index is 11.4. The Hall–Kier alpha value is -2.48. The highest BCUT2D eigenvalue weighted by Gasteiger charge is 2.12. The molecule has 8 heteroatoms. The molecule has 0 aromatic carbocycles. The van der Waals surface area contributed by atoms with Gasteiger partial charge in [0.2, 0.25) is 0 Å². The average Bonchev–Trinajstić information content (AvgIpc) is 2.99. The number of carbonyl (C=O) groups is 1. The summed E-state index contributed by atoms with van der Waals surface area (Å²) in [5.74, 6) is 0.355. The zero-order valence-electron chi connectivity index (χ0n) is 13.0. The van der Waals surface area contributed by atoms with Crippen LogP contribution in [0.4, 0.5) is 5.82 Å². The Morgan fingerprint density at radius 1 is 1.48 bits per heavy atom. The molecule has 8 nitrogen and oxygen atoms in total. The van der Waals surface area contributed by atoms with E-state index in [0.29, 0.717) is 12.3 Å². The number of nitrogens with zero attached hydrogens (tertiary/aromatic N) is 4. The van der Waals surface area contributed by atoms with Crippen molar-refractivity contribution in [2.75, 3.05) is 32.2 Å². The Kier molecular flexibility index (Phi) is 4.82. The summed E-state index contributed by atoms with van der Waals surface area (Å²) in [4.78, 5) is 19.9.